The molecule has 0 fully saturated rings. The fourth-order valence-corrected chi connectivity index (χ4v) is 3.46. The van der Waals surface area contributed by atoms with Crippen LogP contribution in [0.15, 0.2) is 41.9 Å². The molecule has 7 heteroatoms. The number of thiazole rings is 1. The zero-order valence-electron chi connectivity index (χ0n) is 10.5. The number of halogens is 2. The second-order valence-corrected chi connectivity index (χ2v) is 6.48. The number of hydrogen-bond acceptors (Lipinski definition) is 4. The molecular weight excluding hydrogens is 331 g/mol. The van der Waals surface area contributed by atoms with Crippen LogP contribution < -0.4 is 5.32 Å². The van der Waals surface area contributed by atoms with Crippen molar-refractivity contribution in [1.29, 1.82) is 0 Å². The molecule has 0 aliphatic rings. The summed E-state index contributed by atoms with van der Waals surface area (Å²) in [5, 5.41) is 5.39. The van der Waals surface area contributed by atoms with Crippen LogP contribution in [0.3, 0.4) is 0 Å². The molecular formula is C14H8ClFN2OS2. The van der Waals surface area contributed by atoms with Gasteiger partial charge >= 0.3 is 0 Å². The van der Waals surface area contributed by atoms with Crippen LogP contribution in [0.5, 0.6) is 0 Å². The van der Waals surface area contributed by atoms with E-state index in [4.69, 9.17) is 11.6 Å². The number of carbonyl (C=O) groups excluding carboxylic acids is 1. The maximum absolute atomic E-state index is 13.1. The predicted molar refractivity (Wildman–Crippen MR) is 84.8 cm³/mol. The van der Waals surface area contributed by atoms with Gasteiger partial charge in [0.15, 0.2) is 0 Å². The SMILES string of the molecule is O=C(Nc1ccc(F)c(Cl)c1)c1cnc(-c2cccs2)s1. The van der Waals surface area contributed by atoms with Gasteiger partial charge in [-0.3, -0.25) is 4.79 Å². The van der Waals surface area contributed by atoms with Crippen LogP contribution in [0, 0.1) is 5.82 Å². The smallest absolute Gasteiger partial charge is 0.267 e. The van der Waals surface area contributed by atoms with Gasteiger partial charge in [-0.2, -0.15) is 0 Å². The zero-order chi connectivity index (χ0) is 14.8. The quantitative estimate of drug-likeness (QED) is 0.736. The van der Waals surface area contributed by atoms with Gasteiger partial charge in [0.25, 0.3) is 5.91 Å². The number of nitrogens with zero attached hydrogens (tertiary/aromatic N) is 1. The Kier molecular flexibility index (Phi) is 4.01. The van der Waals surface area contributed by atoms with E-state index in [-0.39, 0.29) is 10.9 Å². The largest absolute Gasteiger partial charge is 0.321 e. The zero-order valence-corrected chi connectivity index (χ0v) is 12.9. The van der Waals surface area contributed by atoms with Crippen LogP contribution in [0.1, 0.15) is 9.67 Å². The minimum absolute atomic E-state index is 0.0311. The monoisotopic (exact) mass is 338 g/mol. The molecule has 0 bridgehead atoms. The summed E-state index contributed by atoms with van der Waals surface area (Å²) in [5.74, 6) is -0.814. The third kappa shape index (κ3) is 3.12. The van der Waals surface area contributed by atoms with Crippen molar-refractivity contribution in [1.82, 2.24) is 4.98 Å². The fourth-order valence-electron chi connectivity index (χ4n) is 1.66. The van der Waals surface area contributed by atoms with E-state index in [1.54, 1.807) is 11.3 Å². The van der Waals surface area contributed by atoms with Crippen molar-refractivity contribution in [3.63, 3.8) is 0 Å². The van der Waals surface area contributed by atoms with Crippen molar-refractivity contribution in [2.45, 2.75) is 0 Å². The molecule has 0 unspecified atom stereocenters. The van der Waals surface area contributed by atoms with E-state index < -0.39 is 5.82 Å². The number of rotatable bonds is 3. The van der Waals surface area contributed by atoms with Crippen molar-refractivity contribution in [2.24, 2.45) is 0 Å². The first kappa shape index (κ1) is 14.2. The molecule has 3 rings (SSSR count). The maximum Gasteiger partial charge on any atom is 0.267 e. The van der Waals surface area contributed by atoms with Gasteiger partial charge < -0.3 is 5.32 Å². The molecule has 1 aromatic carbocycles. The Morgan fingerprint density at radius 1 is 1.33 bits per heavy atom. The van der Waals surface area contributed by atoms with Gasteiger partial charge in [-0.15, -0.1) is 22.7 Å². The molecule has 1 amide bonds. The molecule has 0 atom stereocenters. The normalized spacial score (nSPS) is 10.6. The van der Waals surface area contributed by atoms with Gasteiger partial charge in [-0.25, -0.2) is 9.37 Å². The Hall–Kier alpha value is -1.76. The van der Waals surface area contributed by atoms with Crippen molar-refractivity contribution in [3.05, 3.63) is 57.6 Å². The topological polar surface area (TPSA) is 42.0 Å². The number of carbonyl (C=O) groups is 1. The van der Waals surface area contributed by atoms with Crippen LogP contribution in [0.2, 0.25) is 5.02 Å². The Morgan fingerprint density at radius 3 is 2.90 bits per heavy atom. The molecule has 2 aromatic heterocycles. The van der Waals surface area contributed by atoms with Crippen molar-refractivity contribution >= 4 is 45.9 Å². The highest BCUT2D eigenvalue weighted by Gasteiger charge is 2.13. The Labute approximate surface area is 133 Å². The summed E-state index contributed by atoms with van der Waals surface area (Å²) < 4.78 is 13.1. The number of hydrogen-bond donors (Lipinski definition) is 1. The van der Waals surface area contributed by atoms with E-state index >= 15 is 0 Å². The van der Waals surface area contributed by atoms with Crippen molar-refractivity contribution in [3.8, 4) is 9.88 Å². The Balaban J connectivity index is 1.78. The summed E-state index contributed by atoms with van der Waals surface area (Å²) >= 11 is 8.55. The molecule has 0 saturated carbocycles. The first-order valence-electron chi connectivity index (χ1n) is 5.89. The molecule has 0 aliphatic carbocycles. The highest BCUT2D eigenvalue weighted by molar-refractivity contribution is 7.22. The average Bonchev–Trinajstić information content (AvgIpc) is 3.12. The molecule has 1 N–H and O–H groups in total. The maximum atomic E-state index is 13.1. The first-order chi connectivity index (χ1) is 10.1. The molecule has 106 valence electrons. The molecule has 0 radical (unpaired) electrons. The summed E-state index contributed by atoms with van der Waals surface area (Å²) in [4.78, 5) is 17.9. The second-order valence-electron chi connectivity index (χ2n) is 4.09. The summed E-state index contributed by atoms with van der Waals surface area (Å²) in [6, 6.07) is 7.92. The molecule has 3 aromatic rings. The van der Waals surface area contributed by atoms with E-state index in [1.165, 1.54) is 35.7 Å². The highest BCUT2D eigenvalue weighted by Crippen LogP contribution is 2.29. The van der Waals surface area contributed by atoms with Crippen LogP contribution in [0.25, 0.3) is 9.88 Å². The van der Waals surface area contributed by atoms with Crippen LogP contribution in [0.4, 0.5) is 10.1 Å². The van der Waals surface area contributed by atoms with Gasteiger partial charge in [0.2, 0.25) is 0 Å². The molecule has 3 nitrogen and oxygen atoms in total. The average molecular weight is 339 g/mol. The summed E-state index contributed by atoms with van der Waals surface area (Å²) in [6.07, 6.45) is 1.53. The van der Waals surface area contributed by atoms with E-state index in [9.17, 15) is 9.18 Å². The minimum Gasteiger partial charge on any atom is -0.321 e. The van der Waals surface area contributed by atoms with Crippen LogP contribution in [-0.2, 0) is 0 Å². The van der Waals surface area contributed by atoms with Gasteiger partial charge in [0.05, 0.1) is 16.1 Å². The molecule has 2 heterocycles. The third-order valence-corrected chi connectivity index (χ3v) is 4.96. The number of aromatic nitrogens is 1. The lowest BCUT2D eigenvalue weighted by Crippen LogP contribution is -2.10. The molecule has 21 heavy (non-hydrogen) atoms. The standard InChI is InChI=1S/C14H8ClFN2OS2/c15-9-6-8(3-4-10(9)16)18-13(19)12-7-17-14(21-12)11-2-1-5-20-11/h1-7H,(H,18,19). The predicted octanol–water partition coefficient (Wildman–Crippen LogP) is 4.92. The lowest BCUT2D eigenvalue weighted by atomic mass is 10.3. The van der Waals surface area contributed by atoms with Gasteiger partial charge in [-0.05, 0) is 29.6 Å². The lowest BCUT2D eigenvalue weighted by Gasteiger charge is -2.03. The number of amides is 1. The minimum atomic E-state index is -0.521. The molecule has 0 spiro atoms. The Bertz CT molecular complexity index is 786. The fraction of sp³-hybridized carbons (Fsp3) is 0. The highest BCUT2D eigenvalue weighted by atomic mass is 35.5. The van der Waals surface area contributed by atoms with E-state index in [0.717, 1.165) is 9.88 Å². The Morgan fingerprint density at radius 2 is 2.19 bits per heavy atom. The van der Waals surface area contributed by atoms with Crippen LogP contribution in [-0.4, -0.2) is 10.9 Å². The van der Waals surface area contributed by atoms with Gasteiger partial charge in [0.1, 0.15) is 15.7 Å². The number of nitrogens with one attached hydrogen (secondary N) is 1. The third-order valence-electron chi connectivity index (χ3n) is 2.64. The van der Waals surface area contributed by atoms with Crippen LogP contribution >= 0.6 is 34.3 Å². The summed E-state index contributed by atoms with van der Waals surface area (Å²) in [6.45, 7) is 0. The van der Waals surface area contributed by atoms with E-state index in [2.05, 4.69) is 10.3 Å². The molecule has 0 aliphatic heterocycles. The molecule has 0 saturated heterocycles. The lowest BCUT2D eigenvalue weighted by molar-refractivity contribution is 0.103. The summed E-state index contributed by atoms with van der Waals surface area (Å²) in [7, 11) is 0. The number of benzene rings is 1. The number of anilines is 1. The second kappa shape index (κ2) is 5.93. The van der Waals surface area contributed by atoms with E-state index in [0.29, 0.717) is 10.6 Å². The summed E-state index contributed by atoms with van der Waals surface area (Å²) in [5.41, 5.74) is 0.442. The number of thiophene rings is 1. The van der Waals surface area contributed by atoms with E-state index in [1.807, 2.05) is 17.5 Å². The van der Waals surface area contributed by atoms with Gasteiger partial charge in [0, 0.05) is 5.69 Å². The first-order valence-corrected chi connectivity index (χ1v) is 7.97. The van der Waals surface area contributed by atoms with Crippen molar-refractivity contribution in [2.75, 3.05) is 5.32 Å². The van der Waals surface area contributed by atoms with Gasteiger partial charge in [-0.1, -0.05) is 17.7 Å². The van der Waals surface area contributed by atoms with Crippen molar-refractivity contribution < 1.29 is 9.18 Å².